The number of carboxylic acids is 1. The van der Waals surface area contributed by atoms with Crippen LogP contribution in [0.15, 0.2) is 30.3 Å². The molecule has 138 valence electrons. The monoisotopic (exact) mass is 356 g/mol. The van der Waals surface area contributed by atoms with Crippen LogP contribution < -0.4 is 0 Å². The average Bonchev–Trinajstić information content (AvgIpc) is 2.95. The molecule has 0 bridgehead atoms. The molecule has 2 rings (SSSR count). The zero-order chi connectivity index (χ0) is 19.3. The van der Waals surface area contributed by atoms with Crippen molar-refractivity contribution in [2.45, 2.75) is 33.6 Å². The van der Waals surface area contributed by atoms with Crippen LogP contribution >= 0.6 is 0 Å². The van der Waals surface area contributed by atoms with E-state index in [4.69, 9.17) is 0 Å². The van der Waals surface area contributed by atoms with Gasteiger partial charge >= 0.3 is 5.97 Å². The topological polar surface area (TPSA) is 90.5 Å². The zero-order valence-corrected chi connectivity index (χ0v) is 15.3. The molecule has 6 nitrogen and oxygen atoms in total. The van der Waals surface area contributed by atoms with Crippen LogP contribution in [0.3, 0.4) is 0 Å². The second-order valence-corrected chi connectivity index (χ2v) is 6.24. The lowest BCUT2D eigenvalue weighted by molar-refractivity contribution is -0.137. The Hall–Kier alpha value is -2.89. The van der Waals surface area contributed by atoms with Crippen LogP contribution in [-0.4, -0.2) is 45.7 Å². The summed E-state index contributed by atoms with van der Waals surface area (Å²) in [4.78, 5) is 40.4. The number of aliphatic carboxylic acids is 1. The summed E-state index contributed by atoms with van der Waals surface area (Å²) in [6, 6.07) is 9.59. The van der Waals surface area contributed by atoms with E-state index >= 15 is 0 Å². The molecule has 0 aliphatic carbocycles. The first kappa shape index (κ1) is 19.4. The van der Waals surface area contributed by atoms with Gasteiger partial charge in [0.2, 0.25) is 0 Å². The number of ketones is 1. The zero-order valence-electron chi connectivity index (χ0n) is 15.3. The van der Waals surface area contributed by atoms with Gasteiger partial charge in [-0.05, 0) is 37.8 Å². The summed E-state index contributed by atoms with van der Waals surface area (Å²) < 4.78 is 0. The van der Waals surface area contributed by atoms with Gasteiger partial charge in [0, 0.05) is 17.8 Å². The summed E-state index contributed by atoms with van der Waals surface area (Å²) in [5.74, 6) is -1.57. The number of nitrogens with zero attached hydrogens (tertiary/aromatic N) is 1. The summed E-state index contributed by atoms with van der Waals surface area (Å²) in [5, 5.41) is 9.19. The lowest BCUT2D eigenvalue weighted by atomic mass is 10.0. The van der Waals surface area contributed by atoms with Gasteiger partial charge in [0.25, 0.3) is 5.91 Å². The van der Waals surface area contributed by atoms with Gasteiger partial charge in [0.05, 0.1) is 0 Å². The quantitative estimate of drug-likeness (QED) is 0.712. The van der Waals surface area contributed by atoms with E-state index in [1.807, 2.05) is 37.3 Å². The number of Topliss-reactive ketones (excluding diaryl/α,β-unsaturated/α-hetero) is 1. The number of aromatic amines is 1. The minimum atomic E-state index is -1.07. The SMILES string of the molecule is CCc1c(C(=O)N(CCc2ccccc2)CC(=O)O)[nH]c(C)c1C(C)=O. The Morgan fingerprint density at radius 1 is 1.15 bits per heavy atom. The molecule has 1 aromatic carbocycles. The maximum atomic E-state index is 13.0. The molecular weight excluding hydrogens is 332 g/mol. The molecule has 0 saturated heterocycles. The highest BCUT2D eigenvalue weighted by Crippen LogP contribution is 2.22. The van der Waals surface area contributed by atoms with Crippen molar-refractivity contribution in [3.8, 4) is 0 Å². The van der Waals surface area contributed by atoms with Gasteiger partial charge in [-0.15, -0.1) is 0 Å². The largest absolute Gasteiger partial charge is 0.480 e. The molecule has 1 aromatic heterocycles. The Morgan fingerprint density at radius 3 is 2.35 bits per heavy atom. The molecule has 26 heavy (non-hydrogen) atoms. The number of H-pyrrole nitrogens is 1. The van der Waals surface area contributed by atoms with Crippen molar-refractivity contribution >= 4 is 17.7 Å². The van der Waals surface area contributed by atoms with E-state index in [9.17, 15) is 19.5 Å². The van der Waals surface area contributed by atoms with E-state index in [0.717, 1.165) is 5.56 Å². The number of carbonyl (C=O) groups excluding carboxylic acids is 2. The third-order valence-corrected chi connectivity index (χ3v) is 4.34. The Labute approximate surface area is 152 Å². The van der Waals surface area contributed by atoms with E-state index in [0.29, 0.717) is 35.4 Å². The molecule has 0 aliphatic heterocycles. The number of hydrogen-bond donors (Lipinski definition) is 2. The summed E-state index contributed by atoms with van der Waals surface area (Å²) in [6.45, 7) is 4.98. The first-order chi connectivity index (χ1) is 12.3. The Kier molecular flexibility index (Phi) is 6.33. The highest BCUT2D eigenvalue weighted by atomic mass is 16.4. The number of benzene rings is 1. The number of amides is 1. The smallest absolute Gasteiger partial charge is 0.323 e. The first-order valence-electron chi connectivity index (χ1n) is 8.62. The predicted molar refractivity (Wildman–Crippen MR) is 98.6 cm³/mol. The van der Waals surface area contributed by atoms with Gasteiger partial charge < -0.3 is 15.0 Å². The molecule has 0 unspecified atom stereocenters. The number of carbonyl (C=O) groups is 3. The molecule has 2 N–H and O–H groups in total. The highest BCUT2D eigenvalue weighted by Gasteiger charge is 2.26. The van der Waals surface area contributed by atoms with Crippen LogP contribution in [0.25, 0.3) is 0 Å². The number of aryl methyl sites for hydroxylation is 1. The van der Waals surface area contributed by atoms with E-state index < -0.39 is 11.9 Å². The number of carboxylic acid groups (broad SMARTS) is 1. The van der Waals surface area contributed by atoms with E-state index in [2.05, 4.69) is 4.98 Å². The molecule has 2 aromatic rings. The third kappa shape index (κ3) is 4.39. The van der Waals surface area contributed by atoms with Crippen LogP contribution in [0.5, 0.6) is 0 Å². The lowest BCUT2D eigenvalue weighted by Gasteiger charge is -2.21. The van der Waals surface area contributed by atoms with Crippen molar-refractivity contribution in [3.05, 3.63) is 58.4 Å². The second-order valence-electron chi connectivity index (χ2n) is 6.24. The fourth-order valence-corrected chi connectivity index (χ4v) is 3.17. The molecule has 6 heteroatoms. The van der Waals surface area contributed by atoms with Gasteiger partial charge in [-0.1, -0.05) is 37.3 Å². The molecule has 0 spiro atoms. The molecule has 0 atom stereocenters. The Balaban J connectivity index is 2.30. The summed E-state index contributed by atoms with van der Waals surface area (Å²) in [7, 11) is 0. The highest BCUT2D eigenvalue weighted by molar-refractivity contribution is 6.03. The molecule has 0 saturated carbocycles. The minimum Gasteiger partial charge on any atom is -0.480 e. The van der Waals surface area contributed by atoms with Crippen molar-refractivity contribution in [1.82, 2.24) is 9.88 Å². The van der Waals surface area contributed by atoms with Crippen molar-refractivity contribution in [3.63, 3.8) is 0 Å². The van der Waals surface area contributed by atoms with E-state index in [1.54, 1.807) is 6.92 Å². The molecule has 0 radical (unpaired) electrons. The van der Waals surface area contributed by atoms with Gasteiger partial charge in [-0.2, -0.15) is 0 Å². The summed E-state index contributed by atoms with van der Waals surface area (Å²) >= 11 is 0. The minimum absolute atomic E-state index is 0.108. The second kappa shape index (κ2) is 8.47. The molecule has 1 heterocycles. The van der Waals surface area contributed by atoms with Crippen molar-refractivity contribution in [2.24, 2.45) is 0 Å². The van der Waals surface area contributed by atoms with Crippen LogP contribution in [0.1, 0.15) is 51.5 Å². The fraction of sp³-hybridized carbons (Fsp3) is 0.350. The number of aromatic nitrogens is 1. The molecule has 0 fully saturated rings. The maximum absolute atomic E-state index is 13.0. The Morgan fingerprint density at radius 2 is 1.81 bits per heavy atom. The van der Waals surface area contributed by atoms with E-state index in [-0.39, 0.29) is 18.9 Å². The molecule has 0 aliphatic rings. The number of hydrogen-bond acceptors (Lipinski definition) is 3. The fourth-order valence-electron chi connectivity index (χ4n) is 3.17. The number of nitrogens with one attached hydrogen (secondary N) is 1. The maximum Gasteiger partial charge on any atom is 0.323 e. The summed E-state index contributed by atoms with van der Waals surface area (Å²) in [6.07, 6.45) is 1.07. The summed E-state index contributed by atoms with van der Waals surface area (Å²) in [5.41, 5.74) is 3.14. The van der Waals surface area contributed by atoms with Crippen LogP contribution in [0.4, 0.5) is 0 Å². The standard InChI is InChI=1S/C20H24N2O4/c1-4-16-18(14(3)23)13(2)21-19(16)20(26)22(12-17(24)25)11-10-15-8-6-5-7-9-15/h5-9,21H,4,10-12H2,1-3H3,(H,24,25). The van der Waals surface area contributed by atoms with Crippen LogP contribution in [-0.2, 0) is 17.6 Å². The first-order valence-corrected chi connectivity index (χ1v) is 8.62. The van der Waals surface area contributed by atoms with Crippen LogP contribution in [0.2, 0.25) is 0 Å². The average molecular weight is 356 g/mol. The lowest BCUT2D eigenvalue weighted by Crippen LogP contribution is -2.37. The molecular formula is C20H24N2O4. The van der Waals surface area contributed by atoms with Gasteiger partial charge in [-0.3, -0.25) is 14.4 Å². The Bertz CT molecular complexity index is 809. The van der Waals surface area contributed by atoms with Gasteiger partial charge in [0.15, 0.2) is 5.78 Å². The van der Waals surface area contributed by atoms with Crippen molar-refractivity contribution in [2.75, 3.05) is 13.1 Å². The predicted octanol–water partition coefficient (Wildman–Crippen LogP) is 2.86. The number of rotatable bonds is 8. The van der Waals surface area contributed by atoms with Crippen molar-refractivity contribution < 1.29 is 19.5 Å². The van der Waals surface area contributed by atoms with Crippen LogP contribution in [0, 0.1) is 6.92 Å². The van der Waals surface area contributed by atoms with Gasteiger partial charge in [-0.25, -0.2) is 0 Å². The third-order valence-electron chi connectivity index (χ3n) is 4.34. The van der Waals surface area contributed by atoms with Crippen molar-refractivity contribution in [1.29, 1.82) is 0 Å². The molecule has 1 amide bonds. The van der Waals surface area contributed by atoms with Gasteiger partial charge in [0.1, 0.15) is 12.2 Å². The van der Waals surface area contributed by atoms with E-state index in [1.165, 1.54) is 11.8 Å². The normalized spacial score (nSPS) is 10.6.